The first-order valence-corrected chi connectivity index (χ1v) is 10.1. The van der Waals surface area contributed by atoms with E-state index in [9.17, 15) is 4.79 Å². The van der Waals surface area contributed by atoms with Gasteiger partial charge in [-0.3, -0.25) is 9.69 Å². The van der Waals surface area contributed by atoms with E-state index in [1.54, 1.807) is 4.80 Å². The number of hydrogen-bond donors (Lipinski definition) is 1. The van der Waals surface area contributed by atoms with E-state index in [0.29, 0.717) is 11.4 Å². The number of nitrogens with one attached hydrogen (secondary N) is 1. The molecule has 1 aliphatic rings. The second kappa shape index (κ2) is 8.17. The maximum absolute atomic E-state index is 12.8. The Kier molecular flexibility index (Phi) is 5.45. The summed E-state index contributed by atoms with van der Waals surface area (Å²) in [6, 6.07) is 16.7. The van der Waals surface area contributed by atoms with Gasteiger partial charge in [0.05, 0.1) is 11.4 Å². The van der Waals surface area contributed by atoms with Crippen LogP contribution in [0.2, 0.25) is 0 Å². The van der Waals surface area contributed by atoms with Crippen molar-refractivity contribution < 1.29 is 4.79 Å². The fourth-order valence-corrected chi connectivity index (χ4v) is 3.92. The molecule has 150 valence electrons. The Bertz CT molecular complexity index is 1010. The molecular formula is C23H27N5O. The van der Waals surface area contributed by atoms with Crippen LogP contribution in [0.4, 0.5) is 0 Å². The Labute approximate surface area is 171 Å². The number of carbonyl (C=O) groups is 1. The number of nitrogens with zero attached hydrogens (tertiary/aromatic N) is 4. The molecule has 0 saturated carbocycles. The Morgan fingerprint density at radius 1 is 1.10 bits per heavy atom. The molecule has 0 spiro atoms. The highest BCUT2D eigenvalue weighted by Crippen LogP contribution is 2.17. The number of likely N-dealkylation sites (tertiary alicyclic amines) is 1. The van der Waals surface area contributed by atoms with Gasteiger partial charge in [-0.25, -0.2) is 0 Å². The van der Waals surface area contributed by atoms with Gasteiger partial charge in [-0.15, -0.1) is 5.10 Å². The Morgan fingerprint density at radius 2 is 1.90 bits per heavy atom. The molecule has 29 heavy (non-hydrogen) atoms. The first kappa shape index (κ1) is 19.3. The van der Waals surface area contributed by atoms with Gasteiger partial charge in [0.15, 0.2) is 5.69 Å². The first-order valence-electron chi connectivity index (χ1n) is 10.1. The third-order valence-corrected chi connectivity index (χ3v) is 5.42. The van der Waals surface area contributed by atoms with E-state index in [1.807, 2.05) is 32.0 Å². The number of aryl methyl sites for hydroxylation is 3. The van der Waals surface area contributed by atoms with Crippen LogP contribution in [0.25, 0.3) is 5.69 Å². The molecule has 0 unspecified atom stereocenters. The van der Waals surface area contributed by atoms with Crippen molar-refractivity contribution in [2.45, 2.75) is 39.8 Å². The van der Waals surface area contributed by atoms with Crippen molar-refractivity contribution in [1.29, 1.82) is 0 Å². The fraction of sp³-hybridized carbons (Fsp3) is 0.348. The van der Waals surface area contributed by atoms with Crippen molar-refractivity contribution in [3.63, 3.8) is 0 Å². The summed E-state index contributed by atoms with van der Waals surface area (Å²) < 4.78 is 0. The predicted molar refractivity (Wildman–Crippen MR) is 113 cm³/mol. The molecule has 1 amide bonds. The molecule has 0 bridgehead atoms. The predicted octanol–water partition coefficient (Wildman–Crippen LogP) is 3.20. The van der Waals surface area contributed by atoms with E-state index in [-0.39, 0.29) is 11.9 Å². The fourth-order valence-electron chi connectivity index (χ4n) is 3.92. The van der Waals surface area contributed by atoms with Crippen LogP contribution < -0.4 is 5.32 Å². The van der Waals surface area contributed by atoms with Gasteiger partial charge in [0, 0.05) is 25.7 Å². The van der Waals surface area contributed by atoms with Gasteiger partial charge in [0.2, 0.25) is 0 Å². The van der Waals surface area contributed by atoms with Gasteiger partial charge in [-0.05, 0) is 44.4 Å². The van der Waals surface area contributed by atoms with Crippen molar-refractivity contribution in [2.24, 2.45) is 0 Å². The zero-order valence-electron chi connectivity index (χ0n) is 17.2. The monoisotopic (exact) mass is 389 g/mol. The standard InChI is InChI=1S/C23H27N5O/c1-16-9-10-21(17(2)13-16)28-25-18(3)22(26-28)23(29)24-20-11-12-27(15-20)14-19-7-5-4-6-8-19/h4-10,13,20H,11-12,14-15H2,1-3H3,(H,24,29)/t20-/m1/s1. The Hall–Kier alpha value is -2.99. The van der Waals surface area contributed by atoms with Gasteiger partial charge >= 0.3 is 0 Å². The first-order chi connectivity index (χ1) is 14.0. The molecule has 1 fully saturated rings. The lowest BCUT2D eigenvalue weighted by molar-refractivity contribution is 0.0931. The van der Waals surface area contributed by atoms with Gasteiger partial charge in [0.25, 0.3) is 5.91 Å². The summed E-state index contributed by atoms with van der Waals surface area (Å²) in [4.78, 5) is 16.8. The molecule has 1 aliphatic heterocycles. The molecule has 4 rings (SSSR count). The molecular weight excluding hydrogens is 362 g/mol. The van der Waals surface area contributed by atoms with E-state index in [0.717, 1.165) is 37.3 Å². The summed E-state index contributed by atoms with van der Waals surface area (Å²) in [6.07, 6.45) is 0.947. The average Bonchev–Trinajstić information content (AvgIpc) is 3.29. The summed E-state index contributed by atoms with van der Waals surface area (Å²) in [6.45, 7) is 8.66. The SMILES string of the molecule is Cc1ccc(-n2nc(C)c(C(=O)N[C@@H]3CCN(Cc4ccccc4)C3)n2)c(C)c1. The quantitative estimate of drug-likeness (QED) is 0.728. The minimum absolute atomic E-state index is 0.136. The summed E-state index contributed by atoms with van der Waals surface area (Å²) in [7, 11) is 0. The van der Waals surface area contributed by atoms with Crippen LogP contribution in [-0.4, -0.2) is 44.9 Å². The van der Waals surface area contributed by atoms with Crippen LogP contribution in [0.3, 0.4) is 0 Å². The van der Waals surface area contributed by atoms with Crippen molar-refractivity contribution in [2.75, 3.05) is 13.1 Å². The summed E-state index contributed by atoms with van der Waals surface area (Å²) in [5, 5.41) is 12.1. The highest BCUT2D eigenvalue weighted by Gasteiger charge is 2.26. The van der Waals surface area contributed by atoms with Crippen LogP contribution in [0.1, 0.15) is 39.3 Å². The van der Waals surface area contributed by atoms with Gasteiger partial charge in [-0.2, -0.15) is 9.90 Å². The molecule has 0 radical (unpaired) electrons. The van der Waals surface area contributed by atoms with E-state index in [2.05, 4.69) is 57.7 Å². The highest BCUT2D eigenvalue weighted by atomic mass is 16.2. The largest absolute Gasteiger partial charge is 0.347 e. The zero-order valence-corrected chi connectivity index (χ0v) is 17.2. The van der Waals surface area contributed by atoms with E-state index in [1.165, 1.54) is 11.1 Å². The molecule has 1 saturated heterocycles. The minimum Gasteiger partial charge on any atom is -0.347 e. The van der Waals surface area contributed by atoms with Crippen LogP contribution in [-0.2, 0) is 6.54 Å². The Morgan fingerprint density at radius 3 is 2.66 bits per heavy atom. The molecule has 3 aromatic rings. The molecule has 1 N–H and O–H groups in total. The lowest BCUT2D eigenvalue weighted by Crippen LogP contribution is -2.37. The number of aromatic nitrogens is 3. The number of amides is 1. The summed E-state index contributed by atoms with van der Waals surface area (Å²) in [5.74, 6) is -0.148. The smallest absolute Gasteiger partial charge is 0.274 e. The molecule has 2 heterocycles. The van der Waals surface area contributed by atoms with Crippen LogP contribution in [0.15, 0.2) is 48.5 Å². The number of carbonyl (C=O) groups excluding carboxylic acids is 1. The molecule has 6 nitrogen and oxygen atoms in total. The molecule has 6 heteroatoms. The topological polar surface area (TPSA) is 63.1 Å². The maximum Gasteiger partial charge on any atom is 0.274 e. The molecule has 1 aromatic heterocycles. The third-order valence-electron chi connectivity index (χ3n) is 5.42. The second-order valence-electron chi connectivity index (χ2n) is 7.89. The lowest BCUT2D eigenvalue weighted by atomic mass is 10.1. The van der Waals surface area contributed by atoms with Gasteiger partial charge < -0.3 is 5.32 Å². The number of rotatable bonds is 5. The molecule has 1 atom stereocenters. The summed E-state index contributed by atoms with van der Waals surface area (Å²) in [5.41, 5.74) is 5.50. The summed E-state index contributed by atoms with van der Waals surface area (Å²) >= 11 is 0. The minimum atomic E-state index is -0.148. The van der Waals surface area contributed by atoms with E-state index < -0.39 is 0 Å². The number of benzene rings is 2. The van der Waals surface area contributed by atoms with Crippen molar-refractivity contribution in [3.8, 4) is 5.69 Å². The van der Waals surface area contributed by atoms with Crippen molar-refractivity contribution in [1.82, 2.24) is 25.2 Å². The van der Waals surface area contributed by atoms with Gasteiger partial charge in [0.1, 0.15) is 0 Å². The second-order valence-corrected chi connectivity index (χ2v) is 7.89. The maximum atomic E-state index is 12.8. The third kappa shape index (κ3) is 4.38. The zero-order chi connectivity index (χ0) is 20.4. The van der Waals surface area contributed by atoms with E-state index >= 15 is 0 Å². The van der Waals surface area contributed by atoms with Crippen molar-refractivity contribution >= 4 is 5.91 Å². The highest BCUT2D eigenvalue weighted by molar-refractivity contribution is 5.93. The van der Waals surface area contributed by atoms with Crippen LogP contribution >= 0.6 is 0 Å². The average molecular weight is 390 g/mol. The van der Waals surface area contributed by atoms with E-state index in [4.69, 9.17) is 0 Å². The molecule has 2 aromatic carbocycles. The number of hydrogen-bond acceptors (Lipinski definition) is 4. The Balaban J connectivity index is 1.41. The van der Waals surface area contributed by atoms with Crippen molar-refractivity contribution in [3.05, 3.63) is 76.6 Å². The van der Waals surface area contributed by atoms with Crippen LogP contribution in [0, 0.1) is 20.8 Å². The lowest BCUT2D eigenvalue weighted by Gasteiger charge is -2.16. The van der Waals surface area contributed by atoms with Gasteiger partial charge in [-0.1, -0.05) is 48.0 Å². The molecule has 0 aliphatic carbocycles. The normalized spacial score (nSPS) is 16.9. The van der Waals surface area contributed by atoms with Crippen LogP contribution in [0.5, 0.6) is 0 Å².